The van der Waals surface area contributed by atoms with Gasteiger partial charge in [-0.25, -0.2) is 4.98 Å². The van der Waals surface area contributed by atoms with Crippen molar-refractivity contribution in [2.45, 2.75) is 33.3 Å². The van der Waals surface area contributed by atoms with Crippen molar-refractivity contribution in [1.29, 1.82) is 0 Å². The van der Waals surface area contributed by atoms with E-state index in [1.807, 2.05) is 0 Å². The van der Waals surface area contributed by atoms with Gasteiger partial charge < -0.3 is 19.1 Å². The van der Waals surface area contributed by atoms with E-state index in [9.17, 15) is 9.59 Å². The molecule has 0 aliphatic carbocycles. The van der Waals surface area contributed by atoms with Crippen molar-refractivity contribution in [2.24, 2.45) is 13.0 Å². The monoisotopic (exact) mass is 298 g/mol. The topological polar surface area (TPSA) is 90.6 Å². The summed E-state index contributed by atoms with van der Waals surface area (Å²) in [6.07, 6.45) is 1.75. The second-order valence-corrected chi connectivity index (χ2v) is 4.55. The van der Waals surface area contributed by atoms with Gasteiger partial charge in [-0.2, -0.15) is 0 Å². The first kappa shape index (κ1) is 17.2. The van der Waals surface area contributed by atoms with E-state index in [1.165, 1.54) is 0 Å². The van der Waals surface area contributed by atoms with E-state index in [0.29, 0.717) is 11.5 Å². The van der Waals surface area contributed by atoms with Crippen LogP contribution < -0.4 is 0 Å². The first-order chi connectivity index (χ1) is 10.0. The van der Waals surface area contributed by atoms with Crippen LogP contribution in [0, 0.1) is 5.92 Å². The Kier molecular flexibility index (Phi) is 6.87. The molecule has 118 valence electrons. The molecule has 0 radical (unpaired) electrons. The maximum absolute atomic E-state index is 12.0. The Morgan fingerprint density at radius 1 is 1.33 bits per heavy atom. The van der Waals surface area contributed by atoms with Gasteiger partial charge in [-0.15, -0.1) is 0 Å². The van der Waals surface area contributed by atoms with Crippen molar-refractivity contribution in [2.75, 3.05) is 13.2 Å². The van der Waals surface area contributed by atoms with Gasteiger partial charge in [0.2, 0.25) is 0 Å². The number of ether oxygens (including phenoxy) is 2. The van der Waals surface area contributed by atoms with Crippen LogP contribution in [0.5, 0.6) is 0 Å². The van der Waals surface area contributed by atoms with E-state index >= 15 is 0 Å². The van der Waals surface area contributed by atoms with E-state index in [-0.39, 0.29) is 32.7 Å². The second-order valence-electron chi connectivity index (χ2n) is 4.55. The first-order valence-corrected chi connectivity index (χ1v) is 6.96. The predicted octanol–water partition coefficient (Wildman–Crippen LogP) is 0.587. The molecule has 0 saturated heterocycles. The zero-order chi connectivity index (χ0) is 15.8. The van der Waals surface area contributed by atoms with E-state index in [2.05, 4.69) is 4.98 Å². The minimum atomic E-state index is -0.642. The van der Waals surface area contributed by atoms with Crippen LogP contribution in [0.25, 0.3) is 0 Å². The molecule has 1 heterocycles. The molecule has 1 aromatic rings. The Morgan fingerprint density at radius 3 is 2.52 bits per heavy atom. The van der Waals surface area contributed by atoms with Crippen LogP contribution in [-0.4, -0.2) is 39.8 Å². The maximum atomic E-state index is 12.0. The smallest absolute Gasteiger partial charge is 0.309 e. The molecule has 0 fully saturated rings. The van der Waals surface area contributed by atoms with Gasteiger partial charge in [-0.1, -0.05) is 0 Å². The Hall–Kier alpha value is -1.89. The van der Waals surface area contributed by atoms with Gasteiger partial charge in [0.05, 0.1) is 44.1 Å². The van der Waals surface area contributed by atoms with Crippen molar-refractivity contribution >= 4 is 11.9 Å². The fraction of sp³-hybridized carbons (Fsp3) is 0.643. The first-order valence-electron chi connectivity index (χ1n) is 6.96. The third kappa shape index (κ3) is 4.86. The number of nitrogens with zero attached hydrogens (tertiary/aromatic N) is 2. The number of rotatable bonds is 8. The lowest BCUT2D eigenvalue weighted by molar-refractivity contribution is -0.154. The van der Waals surface area contributed by atoms with Crippen molar-refractivity contribution < 1.29 is 24.2 Å². The van der Waals surface area contributed by atoms with Crippen molar-refractivity contribution in [1.82, 2.24) is 9.55 Å². The molecule has 0 amide bonds. The maximum Gasteiger partial charge on any atom is 0.309 e. The Bertz CT molecular complexity index is 484. The second kappa shape index (κ2) is 8.41. The van der Waals surface area contributed by atoms with Crippen molar-refractivity contribution in [3.63, 3.8) is 0 Å². The fourth-order valence-corrected chi connectivity index (χ4v) is 1.96. The third-order valence-corrected chi connectivity index (χ3v) is 3.11. The molecule has 7 nitrogen and oxygen atoms in total. The van der Waals surface area contributed by atoms with Crippen molar-refractivity contribution in [3.8, 4) is 0 Å². The molecule has 1 unspecified atom stereocenters. The summed E-state index contributed by atoms with van der Waals surface area (Å²) in [5.41, 5.74) is 0.642. The number of aliphatic hydroxyl groups excluding tert-OH is 1. The summed E-state index contributed by atoms with van der Waals surface area (Å²) in [5, 5.41) is 9.15. The molecule has 0 aliphatic heterocycles. The SMILES string of the molecule is CCOC(=O)CC(Cc1ncc(CO)n1C)C(=O)OCC. The van der Waals surface area contributed by atoms with Gasteiger partial charge in [0.15, 0.2) is 0 Å². The number of imidazole rings is 1. The average Bonchev–Trinajstić information content (AvgIpc) is 2.79. The molecule has 0 aromatic carbocycles. The predicted molar refractivity (Wildman–Crippen MR) is 74.2 cm³/mol. The quantitative estimate of drug-likeness (QED) is 0.706. The van der Waals surface area contributed by atoms with Crippen LogP contribution in [0.1, 0.15) is 31.8 Å². The number of carbonyl (C=O) groups excluding carboxylic acids is 2. The van der Waals surface area contributed by atoms with Gasteiger partial charge in [0, 0.05) is 13.5 Å². The van der Waals surface area contributed by atoms with Crippen LogP contribution in [0.3, 0.4) is 0 Å². The lowest BCUT2D eigenvalue weighted by Crippen LogP contribution is -2.25. The highest BCUT2D eigenvalue weighted by atomic mass is 16.5. The lowest BCUT2D eigenvalue weighted by atomic mass is 10.0. The van der Waals surface area contributed by atoms with E-state index in [4.69, 9.17) is 14.6 Å². The molecule has 1 aromatic heterocycles. The minimum Gasteiger partial charge on any atom is -0.466 e. The zero-order valence-electron chi connectivity index (χ0n) is 12.7. The highest BCUT2D eigenvalue weighted by Gasteiger charge is 2.26. The van der Waals surface area contributed by atoms with Crippen LogP contribution in [0.4, 0.5) is 0 Å². The van der Waals surface area contributed by atoms with Gasteiger partial charge in [0.1, 0.15) is 5.82 Å². The molecule has 0 saturated carbocycles. The molecular weight excluding hydrogens is 276 g/mol. The third-order valence-electron chi connectivity index (χ3n) is 3.11. The van der Waals surface area contributed by atoms with E-state index < -0.39 is 17.9 Å². The summed E-state index contributed by atoms with van der Waals surface area (Å²) in [6.45, 7) is 3.81. The standard InChI is InChI=1S/C14H22N2O5/c1-4-20-13(18)7-10(14(19)21-5-2)6-12-15-8-11(9-17)16(12)3/h8,10,17H,4-7,9H2,1-3H3. The number of carbonyl (C=O) groups is 2. The Labute approximate surface area is 123 Å². The highest BCUT2D eigenvalue weighted by molar-refractivity contribution is 5.80. The fourth-order valence-electron chi connectivity index (χ4n) is 1.96. The van der Waals surface area contributed by atoms with Crippen LogP contribution in [0.2, 0.25) is 0 Å². The normalized spacial score (nSPS) is 12.0. The molecule has 1 rings (SSSR count). The molecular formula is C14H22N2O5. The number of hydrogen-bond donors (Lipinski definition) is 1. The summed E-state index contributed by atoms with van der Waals surface area (Å²) < 4.78 is 11.6. The summed E-state index contributed by atoms with van der Waals surface area (Å²) >= 11 is 0. The molecule has 0 bridgehead atoms. The van der Waals surface area contributed by atoms with Gasteiger partial charge in [-0.05, 0) is 13.8 Å². The van der Waals surface area contributed by atoms with E-state index in [1.54, 1.807) is 31.7 Å². The largest absolute Gasteiger partial charge is 0.466 e. The molecule has 1 N–H and O–H groups in total. The Morgan fingerprint density at radius 2 is 2.00 bits per heavy atom. The van der Waals surface area contributed by atoms with Gasteiger partial charge >= 0.3 is 11.9 Å². The van der Waals surface area contributed by atoms with E-state index in [0.717, 1.165) is 0 Å². The summed E-state index contributed by atoms with van der Waals surface area (Å²) in [7, 11) is 1.75. The number of esters is 2. The van der Waals surface area contributed by atoms with Crippen LogP contribution in [-0.2, 0) is 39.1 Å². The molecule has 0 spiro atoms. The number of aromatic nitrogens is 2. The zero-order valence-corrected chi connectivity index (χ0v) is 12.7. The minimum absolute atomic E-state index is 0.0476. The summed E-state index contributed by atoms with van der Waals surface area (Å²) in [5.74, 6) is -0.913. The van der Waals surface area contributed by atoms with Crippen LogP contribution in [0.15, 0.2) is 6.20 Å². The lowest BCUT2D eigenvalue weighted by Gasteiger charge is -2.15. The van der Waals surface area contributed by atoms with Crippen molar-refractivity contribution in [3.05, 3.63) is 17.7 Å². The molecule has 1 atom stereocenters. The molecule has 7 heteroatoms. The summed E-state index contributed by atoms with van der Waals surface area (Å²) in [4.78, 5) is 27.7. The Balaban J connectivity index is 2.82. The van der Waals surface area contributed by atoms with Crippen LogP contribution >= 0.6 is 0 Å². The summed E-state index contributed by atoms with van der Waals surface area (Å²) in [6, 6.07) is 0. The molecule has 21 heavy (non-hydrogen) atoms. The van der Waals surface area contributed by atoms with Gasteiger partial charge in [-0.3, -0.25) is 9.59 Å². The number of aliphatic hydroxyl groups is 1. The molecule has 0 aliphatic rings. The van der Waals surface area contributed by atoms with Gasteiger partial charge in [0.25, 0.3) is 0 Å². The number of hydrogen-bond acceptors (Lipinski definition) is 6. The highest BCUT2D eigenvalue weighted by Crippen LogP contribution is 2.15. The average molecular weight is 298 g/mol.